The first kappa shape index (κ1) is 10.2. The SMILES string of the molecule is CC(=Cc1ccc(Cl)s1)CNC1CC1. The molecule has 1 aromatic heterocycles. The summed E-state index contributed by atoms with van der Waals surface area (Å²) in [6.45, 7) is 3.16. The van der Waals surface area contributed by atoms with E-state index in [9.17, 15) is 0 Å². The van der Waals surface area contributed by atoms with E-state index in [-0.39, 0.29) is 0 Å². The smallest absolute Gasteiger partial charge is 0.0934 e. The summed E-state index contributed by atoms with van der Waals surface area (Å²) < 4.78 is 0.860. The van der Waals surface area contributed by atoms with Crippen molar-refractivity contribution < 1.29 is 0 Å². The van der Waals surface area contributed by atoms with Crippen LogP contribution in [0.1, 0.15) is 24.6 Å². The summed E-state index contributed by atoms with van der Waals surface area (Å²) >= 11 is 7.48. The fraction of sp³-hybridized carbons (Fsp3) is 0.455. The zero-order valence-electron chi connectivity index (χ0n) is 8.22. The summed E-state index contributed by atoms with van der Waals surface area (Å²) in [5.74, 6) is 0. The fourth-order valence-corrected chi connectivity index (χ4v) is 2.38. The van der Waals surface area contributed by atoms with E-state index in [0.29, 0.717) is 0 Å². The summed E-state index contributed by atoms with van der Waals surface area (Å²) in [5, 5.41) is 3.49. The molecule has 0 bridgehead atoms. The summed E-state index contributed by atoms with van der Waals surface area (Å²) in [7, 11) is 0. The molecule has 0 aromatic carbocycles. The molecule has 1 fully saturated rings. The minimum Gasteiger partial charge on any atom is -0.310 e. The lowest BCUT2D eigenvalue weighted by Crippen LogP contribution is -2.18. The Hall–Kier alpha value is -0.310. The van der Waals surface area contributed by atoms with Gasteiger partial charge < -0.3 is 5.32 Å². The first-order valence-corrected chi connectivity index (χ1v) is 6.09. The predicted molar refractivity (Wildman–Crippen MR) is 64.0 cm³/mol. The Bertz CT molecular complexity index is 339. The van der Waals surface area contributed by atoms with Crippen LogP contribution in [0.2, 0.25) is 4.34 Å². The molecule has 14 heavy (non-hydrogen) atoms. The van der Waals surface area contributed by atoms with E-state index in [1.165, 1.54) is 23.3 Å². The fourth-order valence-electron chi connectivity index (χ4n) is 1.29. The van der Waals surface area contributed by atoms with Crippen molar-refractivity contribution in [3.8, 4) is 0 Å². The summed E-state index contributed by atoms with van der Waals surface area (Å²) in [5.41, 5.74) is 1.37. The first-order valence-electron chi connectivity index (χ1n) is 4.90. The van der Waals surface area contributed by atoms with Gasteiger partial charge in [-0.3, -0.25) is 0 Å². The van der Waals surface area contributed by atoms with Gasteiger partial charge in [-0.2, -0.15) is 0 Å². The summed E-state index contributed by atoms with van der Waals surface area (Å²) in [6, 6.07) is 4.79. The van der Waals surface area contributed by atoms with Crippen LogP contribution in [0.4, 0.5) is 0 Å². The monoisotopic (exact) mass is 227 g/mol. The van der Waals surface area contributed by atoms with Gasteiger partial charge in [0.15, 0.2) is 0 Å². The van der Waals surface area contributed by atoms with Crippen molar-refractivity contribution in [1.82, 2.24) is 5.32 Å². The molecule has 1 aliphatic carbocycles. The van der Waals surface area contributed by atoms with Crippen molar-refractivity contribution in [1.29, 1.82) is 0 Å². The van der Waals surface area contributed by atoms with Gasteiger partial charge in [0.25, 0.3) is 0 Å². The Morgan fingerprint density at radius 3 is 3.00 bits per heavy atom. The van der Waals surface area contributed by atoms with Crippen molar-refractivity contribution in [3.63, 3.8) is 0 Å². The molecule has 0 aliphatic heterocycles. The molecule has 1 N–H and O–H groups in total. The lowest BCUT2D eigenvalue weighted by atomic mass is 10.2. The zero-order valence-corrected chi connectivity index (χ0v) is 9.79. The molecule has 0 saturated heterocycles. The highest BCUT2D eigenvalue weighted by atomic mass is 35.5. The molecule has 0 atom stereocenters. The van der Waals surface area contributed by atoms with Crippen molar-refractivity contribution >= 4 is 29.0 Å². The highest BCUT2D eigenvalue weighted by Crippen LogP contribution is 2.24. The van der Waals surface area contributed by atoms with Crippen LogP contribution in [0, 0.1) is 0 Å². The minimum atomic E-state index is 0.783. The van der Waals surface area contributed by atoms with E-state index in [1.807, 2.05) is 6.07 Å². The molecule has 0 unspecified atom stereocenters. The molecule has 0 spiro atoms. The third kappa shape index (κ3) is 3.12. The second kappa shape index (κ2) is 4.47. The van der Waals surface area contributed by atoms with Gasteiger partial charge in [0, 0.05) is 17.5 Å². The van der Waals surface area contributed by atoms with Gasteiger partial charge in [0.1, 0.15) is 0 Å². The van der Waals surface area contributed by atoms with Gasteiger partial charge in [-0.1, -0.05) is 17.2 Å². The average molecular weight is 228 g/mol. The molecular formula is C11H14ClNS. The van der Waals surface area contributed by atoms with Gasteiger partial charge in [-0.05, 0) is 38.0 Å². The molecule has 1 heterocycles. The Kier molecular flexibility index (Phi) is 3.26. The second-order valence-electron chi connectivity index (χ2n) is 3.79. The normalized spacial score (nSPS) is 17.4. The van der Waals surface area contributed by atoms with Crippen LogP contribution in [0.25, 0.3) is 6.08 Å². The number of thiophene rings is 1. The predicted octanol–water partition coefficient (Wildman–Crippen LogP) is 3.56. The quantitative estimate of drug-likeness (QED) is 0.830. The standard InChI is InChI=1S/C11H14ClNS/c1-8(7-13-9-2-3-9)6-10-4-5-11(12)14-10/h4-6,9,13H,2-3,7H2,1H3. The molecular weight excluding hydrogens is 214 g/mol. The maximum atomic E-state index is 5.86. The van der Waals surface area contributed by atoms with Gasteiger partial charge in [0.05, 0.1) is 4.34 Å². The number of halogens is 1. The Balaban J connectivity index is 1.88. The van der Waals surface area contributed by atoms with Crippen molar-refractivity contribution in [2.75, 3.05) is 6.54 Å². The first-order chi connectivity index (χ1) is 6.74. The van der Waals surface area contributed by atoms with E-state index < -0.39 is 0 Å². The van der Waals surface area contributed by atoms with Gasteiger partial charge >= 0.3 is 0 Å². The highest BCUT2D eigenvalue weighted by Gasteiger charge is 2.19. The molecule has 1 aromatic rings. The average Bonchev–Trinajstić information content (AvgIpc) is 2.88. The van der Waals surface area contributed by atoms with E-state index >= 15 is 0 Å². The molecule has 76 valence electrons. The summed E-state index contributed by atoms with van der Waals surface area (Å²) in [6.07, 6.45) is 4.89. The van der Waals surface area contributed by atoms with E-state index in [0.717, 1.165) is 16.9 Å². The molecule has 1 nitrogen and oxygen atoms in total. The Morgan fingerprint density at radius 1 is 1.64 bits per heavy atom. The van der Waals surface area contributed by atoms with Crippen LogP contribution in [-0.4, -0.2) is 12.6 Å². The van der Waals surface area contributed by atoms with E-state index in [2.05, 4.69) is 24.4 Å². The summed E-state index contributed by atoms with van der Waals surface area (Å²) in [4.78, 5) is 1.24. The van der Waals surface area contributed by atoms with E-state index in [4.69, 9.17) is 11.6 Å². The maximum absolute atomic E-state index is 5.86. The van der Waals surface area contributed by atoms with Crippen molar-refractivity contribution in [2.45, 2.75) is 25.8 Å². The topological polar surface area (TPSA) is 12.0 Å². The minimum absolute atomic E-state index is 0.783. The molecule has 1 aliphatic rings. The number of nitrogens with one attached hydrogen (secondary N) is 1. The molecule has 1 saturated carbocycles. The van der Waals surface area contributed by atoms with E-state index in [1.54, 1.807) is 11.3 Å². The van der Waals surface area contributed by atoms with Gasteiger partial charge in [-0.25, -0.2) is 0 Å². The highest BCUT2D eigenvalue weighted by molar-refractivity contribution is 7.17. The molecule has 0 amide bonds. The van der Waals surface area contributed by atoms with Crippen molar-refractivity contribution in [2.24, 2.45) is 0 Å². The second-order valence-corrected chi connectivity index (χ2v) is 5.53. The van der Waals surface area contributed by atoms with Gasteiger partial charge in [-0.15, -0.1) is 11.3 Å². The van der Waals surface area contributed by atoms with Crippen molar-refractivity contribution in [3.05, 3.63) is 26.9 Å². The van der Waals surface area contributed by atoms with Crippen LogP contribution in [-0.2, 0) is 0 Å². The molecule has 0 radical (unpaired) electrons. The number of hydrogen-bond donors (Lipinski definition) is 1. The zero-order chi connectivity index (χ0) is 9.97. The lowest BCUT2D eigenvalue weighted by Gasteiger charge is -2.01. The van der Waals surface area contributed by atoms with Gasteiger partial charge in [0.2, 0.25) is 0 Å². The molecule has 2 rings (SSSR count). The van der Waals surface area contributed by atoms with Crippen LogP contribution in [0.3, 0.4) is 0 Å². The Labute approximate surface area is 93.8 Å². The third-order valence-electron chi connectivity index (χ3n) is 2.23. The third-order valence-corrected chi connectivity index (χ3v) is 3.41. The number of hydrogen-bond acceptors (Lipinski definition) is 2. The van der Waals surface area contributed by atoms with Crippen LogP contribution < -0.4 is 5.32 Å². The van der Waals surface area contributed by atoms with Crippen LogP contribution in [0.15, 0.2) is 17.7 Å². The maximum Gasteiger partial charge on any atom is 0.0934 e. The number of rotatable bonds is 4. The lowest BCUT2D eigenvalue weighted by molar-refractivity contribution is 0.736. The Morgan fingerprint density at radius 2 is 2.43 bits per heavy atom. The largest absolute Gasteiger partial charge is 0.310 e. The molecule has 3 heteroatoms. The van der Waals surface area contributed by atoms with Crippen LogP contribution >= 0.6 is 22.9 Å². The van der Waals surface area contributed by atoms with Crippen LogP contribution in [0.5, 0.6) is 0 Å².